The fraction of sp³-hybridized carbons (Fsp3) is 0.235. The van der Waals surface area contributed by atoms with E-state index in [0.717, 1.165) is 34.1 Å². The molecule has 0 saturated heterocycles. The molecule has 2 aromatic carbocycles. The number of sulfonamides is 1. The van der Waals surface area contributed by atoms with Crippen LogP contribution in [-0.2, 0) is 26.2 Å². The van der Waals surface area contributed by atoms with Crippen molar-refractivity contribution in [1.82, 2.24) is 4.31 Å². The summed E-state index contributed by atoms with van der Waals surface area (Å²) in [6, 6.07) is 11.5. The standard InChI is InChI=1S/C17H19FN2O4S/c1-20(25(22,23)16-8-6-14(18)7-9-16)11-17(21)19-15-5-3-4-13(10-15)12-24-2/h3-10H,11-12H2,1-2H3,(H,19,21). The smallest absolute Gasteiger partial charge is 0.243 e. The number of rotatable bonds is 7. The molecule has 2 aromatic rings. The fourth-order valence-electron chi connectivity index (χ4n) is 2.18. The molecule has 0 bridgehead atoms. The molecule has 0 radical (unpaired) electrons. The summed E-state index contributed by atoms with van der Waals surface area (Å²) >= 11 is 0. The van der Waals surface area contributed by atoms with Crippen LogP contribution in [0.15, 0.2) is 53.4 Å². The molecule has 0 aromatic heterocycles. The number of amides is 1. The van der Waals surface area contributed by atoms with Gasteiger partial charge in [-0.3, -0.25) is 4.79 Å². The average molecular weight is 366 g/mol. The molecule has 0 unspecified atom stereocenters. The number of carbonyl (C=O) groups is 1. The van der Waals surface area contributed by atoms with Crippen LogP contribution in [0.1, 0.15) is 5.56 Å². The van der Waals surface area contributed by atoms with Crippen molar-refractivity contribution in [3.05, 3.63) is 59.9 Å². The normalized spacial score (nSPS) is 11.5. The molecule has 134 valence electrons. The molecule has 1 amide bonds. The van der Waals surface area contributed by atoms with Crippen molar-refractivity contribution in [3.63, 3.8) is 0 Å². The lowest BCUT2D eigenvalue weighted by Crippen LogP contribution is -2.35. The van der Waals surface area contributed by atoms with E-state index in [1.54, 1.807) is 25.3 Å². The summed E-state index contributed by atoms with van der Waals surface area (Å²) in [5, 5.41) is 2.64. The molecule has 0 fully saturated rings. The van der Waals surface area contributed by atoms with Crippen LogP contribution in [0.2, 0.25) is 0 Å². The number of ether oxygens (including phenoxy) is 1. The lowest BCUT2D eigenvalue weighted by molar-refractivity contribution is -0.116. The largest absolute Gasteiger partial charge is 0.380 e. The first-order chi connectivity index (χ1) is 11.8. The lowest BCUT2D eigenvalue weighted by Gasteiger charge is -2.17. The number of nitrogens with zero attached hydrogens (tertiary/aromatic N) is 1. The van der Waals surface area contributed by atoms with Gasteiger partial charge in [0, 0.05) is 19.8 Å². The van der Waals surface area contributed by atoms with Crippen LogP contribution in [0.4, 0.5) is 10.1 Å². The van der Waals surface area contributed by atoms with Gasteiger partial charge in [0.05, 0.1) is 18.0 Å². The molecule has 8 heteroatoms. The molecule has 0 saturated carbocycles. The van der Waals surface area contributed by atoms with E-state index in [1.807, 2.05) is 6.07 Å². The predicted molar refractivity (Wildman–Crippen MR) is 92.0 cm³/mol. The molecular formula is C17H19FN2O4S. The molecular weight excluding hydrogens is 347 g/mol. The van der Waals surface area contributed by atoms with Crippen molar-refractivity contribution in [2.45, 2.75) is 11.5 Å². The summed E-state index contributed by atoms with van der Waals surface area (Å²) in [5.74, 6) is -1.02. The van der Waals surface area contributed by atoms with Gasteiger partial charge in [-0.2, -0.15) is 4.31 Å². The molecule has 6 nitrogen and oxygen atoms in total. The first-order valence-electron chi connectivity index (χ1n) is 7.42. The van der Waals surface area contributed by atoms with Gasteiger partial charge in [-0.1, -0.05) is 12.1 Å². The first-order valence-corrected chi connectivity index (χ1v) is 8.86. The summed E-state index contributed by atoms with van der Waals surface area (Å²) in [6.07, 6.45) is 0. The van der Waals surface area contributed by atoms with E-state index in [0.29, 0.717) is 12.3 Å². The van der Waals surface area contributed by atoms with Gasteiger partial charge >= 0.3 is 0 Å². The zero-order valence-corrected chi connectivity index (χ0v) is 14.7. The van der Waals surface area contributed by atoms with Crippen molar-refractivity contribution in [1.29, 1.82) is 0 Å². The summed E-state index contributed by atoms with van der Waals surface area (Å²) in [7, 11) is -1.01. The van der Waals surface area contributed by atoms with Gasteiger partial charge < -0.3 is 10.1 Å². The Morgan fingerprint density at radius 2 is 1.88 bits per heavy atom. The quantitative estimate of drug-likeness (QED) is 0.815. The first kappa shape index (κ1) is 19.0. The highest BCUT2D eigenvalue weighted by Crippen LogP contribution is 2.15. The highest BCUT2D eigenvalue weighted by Gasteiger charge is 2.23. The summed E-state index contributed by atoms with van der Waals surface area (Å²) in [6.45, 7) is 0.0385. The van der Waals surface area contributed by atoms with Crippen molar-refractivity contribution < 1.29 is 22.3 Å². The molecule has 1 N–H and O–H groups in total. The van der Waals surface area contributed by atoms with Crippen molar-refractivity contribution in [3.8, 4) is 0 Å². The number of hydrogen-bond donors (Lipinski definition) is 1. The Kier molecular flexibility index (Phi) is 6.24. The highest BCUT2D eigenvalue weighted by atomic mass is 32.2. The van der Waals surface area contributed by atoms with Crippen LogP contribution < -0.4 is 5.32 Å². The van der Waals surface area contributed by atoms with E-state index in [9.17, 15) is 17.6 Å². The van der Waals surface area contributed by atoms with E-state index >= 15 is 0 Å². The number of anilines is 1. The minimum Gasteiger partial charge on any atom is -0.380 e. The number of nitrogens with one attached hydrogen (secondary N) is 1. The van der Waals surface area contributed by atoms with Gasteiger partial charge in [0.2, 0.25) is 15.9 Å². The van der Waals surface area contributed by atoms with E-state index in [2.05, 4.69) is 5.32 Å². The maximum atomic E-state index is 12.9. The van der Waals surface area contributed by atoms with Crippen LogP contribution in [0.5, 0.6) is 0 Å². The molecule has 0 heterocycles. The Morgan fingerprint density at radius 3 is 2.52 bits per heavy atom. The average Bonchev–Trinajstić information content (AvgIpc) is 2.55. The topological polar surface area (TPSA) is 75.7 Å². The molecule has 0 aliphatic heterocycles. The van der Waals surface area contributed by atoms with Gasteiger partial charge in [-0.15, -0.1) is 0 Å². The Morgan fingerprint density at radius 1 is 1.20 bits per heavy atom. The zero-order chi connectivity index (χ0) is 18.4. The maximum absolute atomic E-state index is 12.9. The second-order valence-corrected chi connectivity index (χ2v) is 7.44. The summed E-state index contributed by atoms with van der Waals surface area (Å²) in [4.78, 5) is 12.0. The van der Waals surface area contributed by atoms with Crippen LogP contribution in [0, 0.1) is 5.82 Å². The van der Waals surface area contributed by atoms with Gasteiger partial charge in [0.1, 0.15) is 5.82 Å². The predicted octanol–water partition coefficient (Wildman–Crippen LogP) is 2.23. The molecule has 0 atom stereocenters. The number of hydrogen-bond acceptors (Lipinski definition) is 4. The van der Waals surface area contributed by atoms with Crippen LogP contribution in [0.3, 0.4) is 0 Å². The molecule has 0 spiro atoms. The Bertz CT molecular complexity index is 838. The van der Waals surface area contributed by atoms with Crippen molar-refractivity contribution in [2.24, 2.45) is 0 Å². The highest BCUT2D eigenvalue weighted by molar-refractivity contribution is 7.89. The van der Waals surface area contributed by atoms with Crippen molar-refractivity contribution >= 4 is 21.6 Å². The molecule has 25 heavy (non-hydrogen) atoms. The van der Waals surface area contributed by atoms with Crippen LogP contribution in [-0.4, -0.2) is 39.3 Å². The number of likely N-dealkylation sites (N-methyl/N-ethyl adjacent to an activating group) is 1. The third kappa shape index (κ3) is 5.09. The van der Waals surface area contributed by atoms with Crippen LogP contribution in [0.25, 0.3) is 0 Å². The van der Waals surface area contributed by atoms with Gasteiger partial charge in [-0.25, -0.2) is 12.8 Å². The fourth-order valence-corrected chi connectivity index (χ4v) is 3.31. The Labute approximate surface area is 146 Å². The van der Waals surface area contributed by atoms with Gasteiger partial charge in [-0.05, 0) is 42.0 Å². The Balaban J connectivity index is 2.04. The van der Waals surface area contributed by atoms with Gasteiger partial charge in [0.25, 0.3) is 0 Å². The number of methoxy groups -OCH3 is 1. The minimum atomic E-state index is -3.87. The third-order valence-electron chi connectivity index (χ3n) is 3.41. The van der Waals surface area contributed by atoms with Gasteiger partial charge in [0.15, 0.2) is 0 Å². The lowest BCUT2D eigenvalue weighted by atomic mass is 10.2. The van der Waals surface area contributed by atoms with Crippen molar-refractivity contribution in [2.75, 3.05) is 26.0 Å². The molecule has 0 aliphatic carbocycles. The second-order valence-electron chi connectivity index (χ2n) is 5.40. The monoisotopic (exact) mass is 366 g/mol. The third-order valence-corrected chi connectivity index (χ3v) is 5.23. The second kappa shape index (κ2) is 8.19. The maximum Gasteiger partial charge on any atom is 0.243 e. The Hall–Kier alpha value is -2.29. The zero-order valence-electron chi connectivity index (χ0n) is 13.9. The van der Waals surface area contributed by atoms with E-state index < -0.39 is 21.7 Å². The SMILES string of the molecule is COCc1cccc(NC(=O)CN(C)S(=O)(=O)c2ccc(F)cc2)c1. The van der Waals surface area contributed by atoms with E-state index in [-0.39, 0.29) is 11.4 Å². The minimum absolute atomic E-state index is 0.0775. The molecule has 0 aliphatic rings. The van der Waals surface area contributed by atoms with E-state index in [4.69, 9.17) is 4.74 Å². The van der Waals surface area contributed by atoms with E-state index in [1.165, 1.54) is 7.05 Å². The number of benzene rings is 2. The number of halogens is 1. The van der Waals surface area contributed by atoms with Crippen LogP contribution >= 0.6 is 0 Å². The molecule has 2 rings (SSSR count). The summed E-state index contributed by atoms with van der Waals surface area (Å²) in [5.41, 5.74) is 1.43. The summed E-state index contributed by atoms with van der Waals surface area (Å²) < 4.78 is 43.6. The number of carbonyl (C=O) groups excluding carboxylic acids is 1.